The lowest BCUT2D eigenvalue weighted by Gasteiger charge is -2.41. The third kappa shape index (κ3) is 4.50. The van der Waals surface area contributed by atoms with Crippen LogP contribution >= 0.6 is 0 Å². The van der Waals surface area contributed by atoms with Crippen LogP contribution in [-0.4, -0.2) is 34.4 Å². The van der Waals surface area contributed by atoms with Gasteiger partial charge in [0.15, 0.2) is 0 Å². The highest BCUT2D eigenvalue weighted by Crippen LogP contribution is 2.43. The van der Waals surface area contributed by atoms with E-state index in [2.05, 4.69) is 12.2 Å². The predicted octanol–water partition coefficient (Wildman–Crippen LogP) is 3.31. The zero-order chi connectivity index (χ0) is 22.7. The number of hydrogen-bond donors (Lipinski definition) is 1. The smallest absolute Gasteiger partial charge is 0.263 e. The van der Waals surface area contributed by atoms with Crippen molar-refractivity contribution in [3.8, 4) is 0 Å². The molecule has 0 radical (unpaired) electrons. The summed E-state index contributed by atoms with van der Waals surface area (Å²) in [5.41, 5.74) is 3.07. The van der Waals surface area contributed by atoms with E-state index in [1.807, 2.05) is 36.5 Å². The normalized spacial score (nSPS) is 16.8. The maximum Gasteiger partial charge on any atom is 0.263 e. The largest absolute Gasteiger partial charge is 0.351 e. The van der Waals surface area contributed by atoms with Gasteiger partial charge in [0.2, 0.25) is 5.91 Å². The van der Waals surface area contributed by atoms with Gasteiger partial charge in [-0.1, -0.05) is 43.7 Å². The molecule has 0 saturated heterocycles. The summed E-state index contributed by atoms with van der Waals surface area (Å²) in [5, 5.41) is 3.09. The minimum atomic E-state index is -0.267. The van der Waals surface area contributed by atoms with Crippen molar-refractivity contribution >= 4 is 11.8 Å². The molecule has 0 unspecified atom stereocenters. The van der Waals surface area contributed by atoms with Crippen LogP contribution in [0.1, 0.15) is 66.6 Å². The van der Waals surface area contributed by atoms with E-state index in [-0.39, 0.29) is 28.4 Å². The summed E-state index contributed by atoms with van der Waals surface area (Å²) in [6.07, 6.45) is 7.59. The van der Waals surface area contributed by atoms with E-state index in [0.717, 1.165) is 36.0 Å². The average molecular weight is 436 g/mol. The first-order chi connectivity index (χ1) is 15.4. The predicted molar refractivity (Wildman–Crippen MR) is 125 cm³/mol. The van der Waals surface area contributed by atoms with Crippen LogP contribution in [0.5, 0.6) is 0 Å². The van der Waals surface area contributed by atoms with Gasteiger partial charge in [-0.25, -0.2) is 0 Å². The van der Waals surface area contributed by atoms with E-state index < -0.39 is 0 Å². The highest BCUT2D eigenvalue weighted by molar-refractivity contribution is 5.95. The van der Waals surface area contributed by atoms with Gasteiger partial charge in [0.25, 0.3) is 11.5 Å². The number of fused-ring (bicyclic) bond motifs is 1. The number of rotatable bonds is 7. The molecule has 2 heterocycles. The van der Waals surface area contributed by atoms with E-state index in [1.54, 1.807) is 16.4 Å². The highest BCUT2D eigenvalue weighted by Gasteiger charge is 2.36. The summed E-state index contributed by atoms with van der Waals surface area (Å²) >= 11 is 0. The molecular weight excluding hydrogens is 402 g/mol. The van der Waals surface area contributed by atoms with Crippen molar-refractivity contribution in [3.05, 3.63) is 69.1 Å². The van der Waals surface area contributed by atoms with Crippen molar-refractivity contribution in [3.63, 3.8) is 0 Å². The lowest BCUT2D eigenvalue weighted by molar-refractivity contribution is -0.129. The quantitative estimate of drug-likeness (QED) is 0.725. The number of benzene rings is 1. The maximum absolute atomic E-state index is 13.4. The van der Waals surface area contributed by atoms with Crippen LogP contribution in [0.4, 0.5) is 0 Å². The monoisotopic (exact) mass is 435 g/mol. The summed E-state index contributed by atoms with van der Waals surface area (Å²) in [6, 6.07) is 10.0. The molecule has 2 aromatic rings. The fraction of sp³-hybridized carbons (Fsp3) is 0.500. The van der Waals surface area contributed by atoms with Gasteiger partial charge in [0, 0.05) is 39.3 Å². The third-order valence-corrected chi connectivity index (χ3v) is 7.41. The van der Waals surface area contributed by atoms with Gasteiger partial charge in [-0.15, -0.1) is 0 Å². The molecule has 4 rings (SSSR count). The number of nitrogens with one attached hydrogen (secondary N) is 1. The second kappa shape index (κ2) is 9.31. The van der Waals surface area contributed by atoms with Crippen molar-refractivity contribution < 1.29 is 9.59 Å². The first-order valence-corrected chi connectivity index (χ1v) is 11.8. The van der Waals surface area contributed by atoms with Gasteiger partial charge < -0.3 is 14.8 Å². The number of pyridine rings is 1. The number of carbonyl (C=O) groups is 2. The summed E-state index contributed by atoms with van der Waals surface area (Å²) in [6.45, 7) is 5.82. The van der Waals surface area contributed by atoms with Crippen LogP contribution in [0.25, 0.3) is 0 Å². The fourth-order valence-electron chi connectivity index (χ4n) is 4.96. The minimum absolute atomic E-state index is 0.0126. The molecular formula is C26H33N3O3. The number of aryl methyl sites for hydroxylation is 2. The molecule has 0 atom stereocenters. The molecule has 0 bridgehead atoms. The van der Waals surface area contributed by atoms with Gasteiger partial charge in [0.1, 0.15) is 5.56 Å². The second-order valence-electron chi connectivity index (χ2n) is 9.32. The zero-order valence-corrected chi connectivity index (χ0v) is 19.2. The number of nitrogens with zero attached hydrogens (tertiary/aromatic N) is 2. The Hall–Kier alpha value is -2.89. The molecule has 6 heteroatoms. The van der Waals surface area contributed by atoms with Crippen LogP contribution in [0.3, 0.4) is 0 Å². The van der Waals surface area contributed by atoms with Crippen LogP contribution in [0, 0.1) is 5.41 Å². The summed E-state index contributed by atoms with van der Waals surface area (Å²) in [4.78, 5) is 40.4. The fourth-order valence-corrected chi connectivity index (χ4v) is 4.96. The molecule has 1 N–H and O–H groups in total. The summed E-state index contributed by atoms with van der Waals surface area (Å²) < 4.78 is 1.66. The van der Waals surface area contributed by atoms with Gasteiger partial charge in [0.05, 0.1) is 0 Å². The topological polar surface area (TPSA) is 71.4 Å². The molecule has 1 aromatic heterocycles. The Kier molecular flexibility index (Phi) is 6.49. The number of amides is 2. The van der Waals surface area contributed by atoms with E-state index in [1.165, 1.54) is 6.42 Å². The summed E-state index contributed by atoms with van der Waals surface area (Å²) in [5.74, 6) is -0.255. The molecule has 1 saturated carbocycles. The van der Waals surface area contributed by atoms with Crippen LogP contribution < -0.4 is 10.9 Å². The Bertz CT molecular complexity index is 1050. The van der Waals surface area contributed by atoms with E-state index in [4.69, 9.17) is 0 Å². The Morgan fingerprint density at radius 3 is 2.53 bits per heavy atom. The Morgan fingerprint density at radius 2 is 1.91 bits per heavy atom. The van der Waals surface area contributed by atoms with Crippen LogP contribution in [0.2, 0.25) is 0 Å². The lowest BCUT2D eigenvalue weighted by atomic mass is 9.67. The van der Waals surface area contributed by atoms with Crippen molar-refractivity contribution in [2.45, 2.75) is 65.5 Å². The van der Waals surface area contributed by atoms with Gasteiger partial charge in [-0.05, 0) is 54.2 Å². The average Bonchev–Trinajstić information content (AvgIpc) is 2.77. The van der Waals surface area contributed by atoms with Crippen LogP contribution in [0.15, 0.2) is 41.3 Å². The number of aromatic nitrogens is 1. The molecule has 170 valence electrons. The Morgan fingerprint density at radius 1 is 1.16 bits per heavy atom. The third-order valence-electron chi connectivity index (χ3n) is 7.41. The van der Waals surface area contributed by atoms with Crippen molar-refractivity contribution in [2.24, 2.45) is 5.41 Å². The highest BCUT2D eigenvalue weighted by atomic mass is 16.2. The lowest BCUT2D eigenvalue weighted by Crippen LogP contribution is -2.45. The Balaban J connectivity index is 1.63. The molecule has 2 amide bonds. The van der Waals surface area contributed by atoms with E-state index in [0.29, 0.717) is 39.0 Å². The van der Waals surface area contributed by atoms with Gasteiger partial charge in [-0.2, -0.15) is 0 Å². The number of hydrogen-bond acceptors (Lipinski definition) is 3. The van der Waals surface area contributed by atoms with Crippen LogP contribution in [-0.2, 0) is 30.7 Å². The standard InChI is InChI=1S/C26H33N3O3/c1-3-26(12-7-13-26)18-27-24(31)23-22-11-15-28(19(2)30)16-21(22)17-29(25(23)32)14-10-20-8-5-4-6-9-20/h4-6,8-9,17H,3,7,10-16,18H2,1-2H3,(H,27,31). The Labute approximate surface area is 189 Å². The van der Waals surface area contributed by atoms with E-state index in [9.17, 15) is 14.4 Å². The van der Waals surface area contributed by atoms with Crippen molar-refractivity contribution in [2.75, 3.05) is 13.1 Å². The minimum Gasteiger partial charge on any atom is -0.351 e. The SMILES string of the molecule is CCC1(CNC(=O)c2c3c(cn(CCc4ccccc4)c2=O)CN(C(C)=O)CC3)CCC1. The summed E-state index contributed by atoms with van der Waals surface area (Å²) in [7, 11) is 0. The molecule has 1 aliphatic heterocycles. The first-order valence-electron chi connectivity index (χ1n) is 11.8. The molecule has 1 fully saturated rings. The molecule has 2 aliphatic rings. The van der Waals surface area contributed by atoms with Gasteiger partial charge >= 0.3 is 0 Å². The molecule has 32 heavy (non-hydrogen) atoms. The second-order valence-corrected chi connectivity index (χ2v) is 9.32. The number of carbonyl (C=O) groups excluding carboxylic acids is 2. The van der Waals surface area contributed by atoms with Gasteiger partial charge in [-0.3, -0.25) is 14.4 Å². The van der Waals surface area contributed by atoms with E-state index >= 15 is 0 Å². The van der Waals surface area contributed by atoms with Crippen molar-refractivity contribution in [1.82, 2.24) is 14.8 Å². The molecule has 0 spiro atoms. The molecule has 6 nitrogen and oxygen atoms in total. The first kappa shape index (κ1) is 22.3. The zero-order valence-electron chi connectivity index (χ0n) is 19.2. The van der Waals surface area contributed by atoms with Crippen molar-refractivity contribution in [1.29, 1.82) is 0 Å². The molecule has 1 aromatic carbocycles. The maximum atomic E-state index is 13.4. The molecule has 1 aliphatic carbocycles.